The van der Waals surface area contributed by atoms with Crippen LogP contribution in [-0.4, -0.2) is 72.5 Å². The minimum atomic E-state index is 0.138. The standard InChI is InChI=1S/C23H43N3O/c1-18(2)21-7-14-25(15-8-21)22-9-12-24(13-10-22)16-20-6-5-11-26(17-20)23(27)19(3)4/h18-22H,5-17H2,1-4H3. The fourth-order valence-electron chi connectivity index (χ4n) is 5.56. The maximum atomic E-state index is 12.3. The molecule has 3 heterocycles. The predicted molar refractivity (Wildman–Crippen MR) is 113 cm³/mol. The molecule has 0 bridgehead atoms. The molecule has 0 aliphatic carbocycles. The maximum Gasteiger partial charge on any atom is 0.225 e. The van der Waals surface area contributed by atoms with E-state index in [1.165, 1.54) is 71.2 Å². The third-order valence-corrected chi connectivity index (χ3v) is 7.43. The third kappa shape index (κ3) is 5.69. The molecule has 156 valence electrons. The van der Waals surface area contributed by atoms with Crippen molar-refractivity contribution in [2.45, 2.75) is 72.3 Å². The van der Waals surface area contributed by atoms with E-state index in [2.05, 4.69) is 28.5 Å². The lowest BCUT2D eigenvalue weighted by Crippen LogP contribution is -2.50. The molecule has 0 aromatic heterocycles. The third-order valence-electron chi connectivity index (χ3n) is 7.43. The molecule has 1 unspecified atom stereocenters. The van der Waals surface area contributed by atoms with Crippen LogP contribution < -0.4 is 0 Å². The van der Waals surface area contributed by atoms with Crippen LogP contribution >= 0.6 is 0 Å². The highest BCUT2D eigenvalue weighted by Crippen LogP contribution is 2.28. The van der Waals surface area contributed by atoms with Gasteiger partial charge in [0.15, 0.2) is 0 Å². The van der Waals surface area contributed by atoms with Gasteiger partial charge in [0, 0.05) is 31.6 Å². The number of amides is 1. The predicted octanol–water partition coefficient (Wildman–Crippen LogP) is 3.71. The lowest BCUT2D eigenvalue weighted by atomic mass is 9.85. The SMILES string of the molecule is CC(C)C(=O)N1CCCC(CN2CCC(N3CCC(C(C)C)CC3)CC2)C1. The topological polar surface area (TPSA) is 26.8 Å². The molecule has 3 saturated heterocycles. The Kier molecular flexibility index (Phi) is 7.61. The van der Waals surface area contributed by atoms with E-state index in [4.69, 9.17) is 0 Å². The number of piperidine rings is 3. The normalized spacial score (nSPS) is 27.6. The Hall–Kier alpha value is -0.610. The molecular formula is C23H43N3O. The molecule has 0 radical (unpaired) electrons. The van der Waals surface area contributed by atoms with Crippen molar-refractivity contribution in [1.29, 1.82) is 0 Å². The van der Waals surface area contributed by atoms with E-state index in [9.17, 15) is 4.79 Å². The molecule has 3 aliphatic heterocycles. The second kappa shape index (κ2) is 9.73. The quantitative estimate of drug-likeness (QED) is 0.731. The van der Waals surface area contributed by atoms with Crippen molar-refractivity contribution < 1.29 is 4.79 Å². The highest BCUT2D eigenvalue weighted by atomic mass is 16.2. The number of hydrogen-bond donors (Lipinski definition) is 0. The Balaban J connectivity index is 1.39. The Morgan fingerprint density at radius 1 is 0.889 bits per heavy atom. The van der Waals surface area contributed by atoms with Gasteiger partial charge in [-0.1, -0.05) is 27.7 Å². The summed E-state index contributed by atoms with van der Waals surface area (Å²) in [5, 5.41) is 0. The number of carbonyl (C=O) groups is 1. The lowest BCUT2D eigenvalue weighted by molar-refractivity contribution is -0.136. The van der Waals surface area contributed by atoms with Gasteiger partial charge in [0.25, 0.3) is 0 Å². The van der Waals surface area contributed by atoms with Gasteiger partial charge in [0.2, 0.25) is 5.91 Å². The van der Waals surface area contributed by atoms with E-state index < -0.39 is 0 Å². The highest BCUT2D eigenvalue weighted by molar-refractivity contribution is 5.78. The molecule has 3 rings (SSSR count). The van der Waals surface area contributed by atoms with Gasteiger partial charge in [0.05, 0.1) is 0 Å². The molecule has 0 aromatic carbocycles. The minimum Gasteiger partial charge on any atom is -0.342 e. The van der Waals surface area contributed by atoms with Crippen LogP contribution in [0.25, 0.3) is 0 Å². The largest absolute Gasteiger partial charge is 0.342 e. The molecule has 3 aliphatic rings. The average molecular weight is 378 g/mol. The second-order valence-electron chi connectivity index (χ2n) is 10.1. The summed E-state index contributed by atoms with van der Waals surface area (Å²) < 4.78 is 0. The Morgan fingerprint density at radius 3 is 2.15 bits per heavy atom. The number of hydrogen-bond acceptors (Lipinski definition) is 3. The summed E-state index contributed by atoms with van der Waals surface area (Å²) in [5.41, 5.74) is 0. The Morgan fingerprint density at radius 2 is 1.56 bits per heavy atom. The Labute approximate surface area is 167 Å². The smallest absolute Gasteiger partial charge is 0.225 e. The highest BCUT2D eigenvalue weighted by Gasteiger charge is 2.31. The van der Waals surface area contributed by atoms with Crippen LogP contribution in [0.4, 0.5) is 0 Å². The summed E-state index contributed by atoms with van der Waals surface area (Å²) in [5.74, 6) is 2.97. The molecule has 4 heteroatoms. The van der Waals surface area contributed by atoms with Gasteiger partial charge in [-0.2, -0.15) is 0 Å². The summed E-state index contributed by atoms with van der Waals surface area (Å²) in [6.45, 7) is 17.1. The fraction of sp³-hybridized carbons (Fsp3) is 0.957. The van der Waals surface area contributed by atoms with Crippen LogP contribution in [0.3, 0.4) is 0 Å². The van der Waals surface area contributed by atoms with E-state index in [0.29, 0.717) is 11.8 Å². The first-order valence-electron chi connectivity index (χ1n) is 11.7. The van der Waals surface area contributed by atoms with E-state index in [0.717, 1.165) is 31.0 Å². The van der Waals surface area contributed by atoms with Gasteiger partial charge >= 0.3 is 0 Å². The van der Waals surface area contributed by atoms with Crippen molar-refractivity contribution in [2.24, 2.45) is 23.7 Å². The monoisotopic (exact) mass is 377 g/mol. The lowest BCUT2D eigenvalue weighted by Gasteiger charge is -2.43. The molecule has 3 fully saturated rings. The zero-order chi connectivity index (χ0) is 19.4. The molecule has 0 saturated carbocycles. The van der Waals surface area contributed by atoms with Gasteiger partial charge in [-0.25, -0.2) is 0 Å². The van der Waals surface area contributed by atoms with E-state index >= 15 is 0 Å². The number of rotatable bonds is 5. The molecule has 1 atom stereocenters. The molecule has 27 heavy (non-hydrogen) atoms. The Bertz CT molecular complexity index is 462. The minimum absolute atomic E-state index is 0.138. The van der Waals surface area contributed by atoms with Crippen molar-refractivity contribution in [3.05, 3.63) is 0 Å². The second-order valence-corrected chi connectivity index (χ2v) is 10.1. The number of carbonyl (C=O) groups excluding carboxylic acids is 1. The van der Waals surface area contributed by atoms with Gasteiger partial charge in [-0.15, -0.1) is 0 Å². The van der Waals surface area contributed by atoms with Gasteiger partial charge in [-0.3, -0.25) is 4.79 Å². The summed E-state index contributed by atoms with van der Waals surface area (Å²) >= 11 is 0. The molecule has 0 N–H and O–H groups in total. The summed E-state index contributed by atoms with van der Waals surface area (Å²) in [6, 6.07) is 0.819. The fourth-order valence-corrected chi connectivity index (χ4v) is 5.56. The van der Waals surface area contributed by atoms with Crippen molar-refractivity contribution in [3.8, 4) is 0 Å². The van der Waals surface area contributed by atoms with Crippen molar-refractivity contribution in [1.82, 2.24) is 14.7 Å². The van der Waals surface area contributed by atoms with Crippen molar-refractivity contribution in [3.63, 3.8) is 0 Å². The van der Waals surface area contributed by atoms with E-state index in [1.807, 2.05) is 13.8 Å². The summed E-state index contributed by atoms with van der Waals surface area (Å²) in [4.78, 5) is 19.9. The maximum absolute atomic E-state index is 12.3. The molecule has 1 amide bonds. The van der Waals surface area contributed by atoms with Crippen LogP contribution in [0.15, 0.2) is 0 Å². The van der Waals surface area contributed by atoms with Crippen LogP contribution in [-0.2, 0) is 4.79 Å². The summed E-state index contributed by atoms with van der Waals surface area (Å²) in [7, 11) is 0. The molecule has 0 spiro atoms. The first-order chi connectivity index (χ1) is 12.9. The van der Waals surface area contributed by atoms with E-state index in [-0.39, 0.29) is 5.92 Å². The van der Waals surface area contributed by atoms with Crippen molar-refractivity contribution >= 4 is 5.91 Å². The molecule has 4 nitrogen and oxygen atoms in total. The average Bonchev–Trinajstić information content (AvgIpc) is 2.68. The number of likely N-dealkylation sites (tertiary alicyclic amines) is 3. The van der Waals surface area contributed by atoms with Gasteiger partial charge in [-0.05, 0) is 82.5 Å². The van der Waals surface area contributed by atoms with E-state index in [1.54, 1.807) is 0 Å². The zero-order valence-corrected chi connectivity index (χ0v) is 18.3. The molecular weight excluding hydrogens is 334 g/mol. The first-order valence-corrected chi connectivity index (χ1v) is 11.7. The zero-order valence-electron chi connectivity index (χ0n) is 18.3. The molecule has 0 aromatic rings. The van der Waals surface area contributed by atoms with Crippen LogP contribution in [0.5, 0.6) is 0 Å². The van der Waals surface area contributed by atoms with Crippen LogP contribution in [0.1, 0.15) is 66.2 Å². The van der Waals surface area contributed by atoms with Crippen LogP contribution in [0, 0.1) is 23.7 Å². The van der Waals surface area contributed by atoms with Crippen molar-refractivity contribution in [2.75, 3.05) is 45.8 Å². The summed E-state index contributed by atoms with van der Waals surface area (Å²) in [6.07, 6.45) is 7.97. The van der Waals surface area contributed by atoms with Crippen LogP contribution in [0.2, 0.25) is 0 Å². The first kappa shape index (κ1) is 21.1. The number of nitrogens with zero attached hydrogens (tertiary/aromatic N) is 3. The van der Waals surface area contributed by atoms with Gasteiger partial charge < -0.3 is 14.7 Å². The van der Waals surface area contributed by atoms with Gasteiger partial charge in [0.1, 0.15) is 0 Å².